The second-order valence-corrected chi connectivity index (χ2v) is 4.98. The summed E-state index contributed by atoms with van der Waals surface area (Å²) in [5.74, 6) is 1.58. The smallest absolute Gasteiger partial charge is 0.134 e. The topological polar surface area (TPSA) is 37.8 Å². The van der Waals surface area contributed by atoms with Crippen LogP contribution in [0, 0.1) is 5.92 Å². The summed E-state index contributed by atoms with van der Waals surface area (Å²) in [6.45, 7) is 6.67. The molecule has 1 unspecified atom stereocenters. The largest absolute Gasteiger partial charge is 0.367 e. The highest BCUT2D eigenvalue weighted by atomic mass is 35.5. The number of hydrogen-bond acceptors (Lipinski definition) is 3. The van der Waals surface area contributed by atoms with E-state index in [2.05, 4.69) is 36.1 Å². The van der Waals surface area contributed by atoms with Crippen LogP contribution in [0.15, 0.2) is 12.4 Å². The number of nitrogens with zero attached hydrogens (tertiary/aromatic N) is 2. The summed E-state index contributed by atoms with van der Waals surface area (Å²) in [5, 5.41) is 3.80. The summed E-state index contributed by atoms with van der Waals surface area (Å²) in [6, 6.07) is 2.17. The van der Waals surface area contributed by atoms with Gasteiger partial charge in [-0.05, 0) is 19.3 Å². The Morgan fingerprint density at radius 1 is 1.25 bits per heavy atom. The van der Waals surface area contributed by atoms with Crippen molar-refractivity contribution in [1.82, 2.24) is 9.97 Å². The summed E-state index contributed by atoms with van der Waals surface area (Å²) >= 11 is 5.78. The monoisotopic (exact) mass is 241 g/mol. The SMILES string of the molecule is CC(C)CCCC(C)Nc1cc(Cl)ncn1. The molecule has 0 saturated heterocycles. The molecule has 1 aromatic heterocycles. The molecule has 0 fully saturated rings. The average molecular weight is 242 g/mol. The first-order chi connectivity index (χ1) is 7.58. The minimum Gasteiger partial charge on any atom is -0.367 e. The third kappa shape index (κ3) is 5.31. The summed E-state index contributed by atoms with van der Waals surface area (Å²) in [5.41, 5.74) is 0. The number of aromatic nitrogens is 2. The quantitative estimate of drug-likeness (QED) is 0.771. The highest BCUT2D eigenvalue weighted by molar-refractivity contribution is 6.29. The van der Waals surface area contributed by atoms with E-state index in [0.717, 1.165) is 18.2 Å². The van der Waals surface area contributed by atoms with Gasteiger partial charge in [0.15, 0.2) is 0 Å². The van der Waals surface area contributed by atoms with Crippen molar-refractivity contribution in [3.8, 4) is 0 Å². The van der Waals surface area contributed by atoms with Gasteiger partial charge in [0.2, 0.25) is 0 Å². The van der Waals surface area contributed by atoms with Crippen molar-refractivity contribution in [3.63, 3.8) is 0 Å². The Hall–Kier alpha value is -0.830. The fraction of sp³-hybridized carbons (Fsp3) is 0.667. The Morgan fingerprint density at radius 3 is 2.62 bits per heavy atom. The van der Waals surface area contributed by atoms with E-state index in [-0.39, 0.29) is 0 Å². The Kier molecular flexibility index (Phi) is 5.53. The molecule has 0 aromatic carbocycles. The number of anilines is 1. The molecule has 3 nitrogen and oxygen atoms in total. The van der Waals surface area contributed by atoms with E-state index in [1.54, 1.807) is 6.07 Å². The minimum absolute atomic E-state index is 0.421. The molecule has 0 aliphatic rings. The molecule has 1 atom stereocenters. The Morgan fingerprint density at radius 2 is 2.00 bits per heavy atom. The predicted molar refractivity (Wildman–Crippen MR) is 68.8 cm³/mol. The maximum absolute atomic E-state index is 5.78. The van der Waals surface area contributed by atoms with Gasteiger partial charge in [-0.2, -0.15) is 0 Å². The number of halogens is 1. The van der Waals surface area contributed by atoms with E-state index in [1.807, 2.05) is 0 Å². The Labute approximate surface area is 103 Å². The van der Waals surface area contributed by atoms with Gasteiger partial charge < -0.3 is 5.32 Å². The van der Waals surface area contributed by atoms with Crippen molar-refractivity contribution in [1.29, 1.82) is 0 Å². The van der Waals surface area contributed by atoms with Gasteiger partial charge >= 0.3 is 0 Å². The van der Waals surface area contributed by atoms with E-state index in [4.69, 9.17) is 11.6 Å². The van der Waals surface area contributed by atoms with Crippen molar-refractivity contribution >= 4 is 17.4 Å². The van der Waals surface area contributed by atoms with Crippen molar-refractivity contribution in [3.05, 3.63) is 17.5 Å². The lowest BCUT2D eigenvalue weighted by atomic mass is 10.0. The molecule has 0 aliphatic heterocycles. The van der Waals surface area contributed by atoms with E-state index in [0.29, 0.717) is 11.2 Å². The van der Waals surface area contributed by atoms with Crippen LogP contribution in [-0.4, -0.2) is 16.0 Å². The molecule has 0 saturated carbocycles. The average Bonchev–Trinajstić information content (AvgIpc) is 2.16. The second-order valence-electron chi connectivity index (χ2n) is 4.60. The zero-order valence-corrected chi connectivity index (χ0v) is 11.0. The molecule has 0 amide bonds. The van der Waals surface area contributed by atoms with Crippen molar-refractivity contribution in [2.24, 2.45) is 5.92 Å². The summed E-state index contributed by atoms with van der Waals surface area (Å²) in [4.78, 5) is 7.96. The van der Waals surface area contributed by atoms with Crippen LogP contribution in [0.3, 0.4) is 0 Å². The molecular weight excluding hydrogens is 222 g/mol. The van der Waals surface area contributed by atoms with Gasteiger partial charge in [-0.3, -0.25) is 0 Å². The van der Waals surface area contributed by atoms with E-state index < -0.39 is 0 Å². The minimum atomic E-state index is 0.421. The van der Waals surface area contributed by atoms with Crippen molar-refractivity contribution in [2.75, 3.05) is 5.32 Å². The van der Waals surface area contributed by atoms with Crippen LogP contribution in [0.25, 0.3) is 0 Å². The Balaban J connectivity index is 2.31. The molecule has 1 heterocycles. The van der Waals surface area contributed by atoms with Gasteiger partial charge in [0.05, 0.1) is 0 Å². The van der Waals surface area contributed by atoms with Crippen LogP contribution < -0.4 is 5.32 Å². The molecule has 0 spiro atoms. The van der Waals surface area contributed by atoms with Crippen LogP contribution in [0.2, 0.25) is 5.15 Å². The number of rotatable bonds is 6. The standard InChI is InChI=1S/C12H20ClN3/c1-9(2)5-4-6-10(3)16-12-7-11(13)14-8-15-12/h7-10H,4-6H2,1-3H3,(H,14,15,16). The van der Waals surface area contributed by atoms with Gasteiger partial charge in [-0.15, -0.1) is 0 Å². The molecule has 1 aromatic rings. The van der Waals surface area contributed by atoms with Crippen molar-refractivity contribution < 1.29 is 0 Å². The molecule has 0 bridgehead atoms. The predicted octanol–water partition coefficient (Wildman–Crippen LogP) is 3.76. The molecule has 90 valence electrons. The molecule has 4 heteroatoms. The fourth-order valence-electron chi connectivity index (χ4n) is 1.57. The van der Waals surface area contributed by atoms with Crippen LogP contribution in [0.4, 0.5) is 5.82 Å². The molecule has 1 N–H and O–H groups in total. The van der Waals surface area contributed by atoms with Crippen LogP contribution in [0.5, 0.6) is 0 Å². The molecular formula is C12H20ClN3. The number of nitrogens with one attached hydrogen (secondary N) is 1. The maximum atomic E-state index is 5.78. The lowest BCUT2D eigenvalue weighted by molar-refractivity contribution is 0.520. The van der Waals surface area contributed by atoms with Gasteiger partial charge in [-0.25, -0.2) is 9.97 Å². The van der Waals surface area contributed by atoms with Crippen LogP contribution >= 0.6 is 11.6 Å². The van der Waals surface area contributed by atoms with Crippen LogP contribution in [-0.2, 0) is 0 Å². The van der Waals surface area contributed by atoms with E-state index >= 15 is 0 Å². The maximum Gasteiger partial charge on any atom is 0.134 e. The second kappa shape index (κ2) is 6.69. The summed E-state index contributed by atoms with van der Waals surface area (Å²) < 4.78 is 0. The number of hydrogen-bond donors (Lipinski definition) is 1. The summed E-state index contributed by atoms with van der Waals surface area (Å²) in [6.07, 6.45) is 5.15. The molecule has 0 radical (unpaired) electrons. The van der Waals surface area contributed by atoms with E-state index in [9.17, 15) is 0 Å². The molecule has 0 aliphatic carbocycles. The highest BCUT2D eigenvalue weighted by Gasteiger charge is 2.04. The Bertz CT molecular complexity index is 315. The van der Waals surface area contributed by atoms with Gasteiger partial charge in [0.1, 0.15) is 17.3 Å². The first-order valence-corrected chi connectivity index (χ1v) is 6.20. The lowest BCUT2D eigenvalue weighted by Gasteiger charge is -2.14. The molecule has 1 rings (SSSR count). The fourth-order valence-corrected chi connectivity index (χ4v) is 1.72. The zero-order chi connectivity index (χ0) is 12.0. The van der Waals surface area contributed by atoms with Gasteiger partial charge in [-0.1, -0.05) is 38.3 Å². The van der Waals surface area contributed by atoms with Crippen LogP contribution in [0.1, 0.15) is 40.0 Å². The first kappa shape index (κ1) is 13.2. The highest BCUT2D eigenvalue weighted by Crippen LogP contribution is 2.13. The van der Waals surface area contributed by atoms with Gasteiger partial charge in [0.25, 0.3) is 0 Å². The normalized spacial score (nSPS) is 12.8. The first-order valence-electron chi connectivity index (χ1n) is 5.82. The van der Waals surface area contributed by atoms with E-state index in [1.165, 1.54) is 19.2 Å². The molecule has 16 heavy (non-hydrogen) atoms. The van der Waals surface area contributed by atoms with Crippen molar-refractivity contribution in [2.45, 2.75) is 46.1 Å². The lowest BCUT2D eigenvalue weighted by Crippen LogP contribution is -2.16. The third-order valence-corrected chi connectivity index (χ3v) is 2.65. The zero-order valence-electron chi connectivity index (χ0n) is 10.2. The van der Waals surface area contributed by atoms with Gasteiger partial charge in [0, 0.05) is 12.1 Å². The third-order valence-electron chi connectivity index (χ3n) is 2.45. The summed E-state index contributed by atoms with van der Waals surface area (Å²) in [7, 11) is 0.